The van der Waals surface area contributed by atoms with Crippen molar-refractivity contribution in [3.05, 3.63) is 0 Å². The highest BCUT2D eigenvalue weighted by Crippen LogP contribution is 2.54. The lowest BCUT2D eigenvalue weighted by atomic mass is 10.2. The molecule has 7 heteroatoms. The van der Waals surface area contributed by atoms with Gasteiger partial charge in [-0.05, 0) is 60.3 Å². The summed E-state index contributed by atoms with van der Waals surface area (Å²) in [6.45, 7) is 13.2. The van der Waals surface area contributed by atoms with Crippen LogP contribution in [0.25, 0.3) is 0 Å². The number of guanidine groups is 1. The van der Waals surface area contributed by atoms with Gasteiger partial charge >= 0.3 is 7.75 Å². The molecule has 2 aliphatic heterocycles. The van der Waals surface area contributed by atoms with E-state index in [9.17, 15) is 4.57 Å². The molecule has 2 saturated heterocycles. The molecule has 2 heterocycles. The SMILES string of the molecule is CC(C)OP(=O)(N=C(N1CCCC1)N1CCCC1)OC(C)(C)C. The molecule has 134 valence electrons. The van der Waals surface area contributed by atoms with Crippen molar-refractivity contribution in [3.8, 4) is 0 Å². The second-order valence-electron chi connectivity index (χ2n) is 7.61. The minimum atomic E-state index is -3.55. The van der Waals surface area contributed by atoms with Gasteiger partial charge in [0.05, 0.1) is 11.7 Å². The Hall–Kier alpha value is -0.580. The lowest BCUT2D eigenvalue weighted by Gasteiger charge is -2.31. The van der Waals surface area contributed by atoms with Crippen molar-refractivity contribution < 1.29 is 13.6 Å². The third kappa shape index (κ3) is 5.77. The first-order chi connectivity index (χ1) is 10.7. The van der Waals surface area contributed by atoms with Gasteiger partial charge in [-0.25, -0.2) is 4.57 Å². The number of hydrogen-bond donors (Lipinski definition) is 0. The van der Waals surface area contributed by atoms with Crippen molar-refractivity contribution in [1.82, 2.24) is 9.80 Å². The van der Waals surface area contributed by atoms with E-state index in [0.717, 1.165) is 57.8 Å². The average Bonchev–Trinajstić information content (AvgIpc) is 3.06. The zero-order chi connectivity index (χ0) is 17.1. The molecular formula is C16H32N3O3P. The van der Waals surface area contributed by atoms with E-state index in [1.165, 1.54) is 0 Å². The second kappa shape index (κ2) is 7.54. The third-order valence-electron chi connectivity index (χ3n) is 3.72. The minimum Gasteiger partial charge on any atom is -0.342 e. The normalized spacial score (nSPS) is 21.8. The van der Waals surface area contributed by atoms with Crippen molar-refractivity contribution in [2.24, 2.45) is 4.76 Å². The molecule has 0 bridgehead atoms. The standard InChI is InChI=1S/C16H32N3O3P/c1-14(2)21-23(20,22-16(3,4)5)17-15(18-10-6-7-11-18)19-12-8-9-13-19/h14H,6-13H2,1-5H3. The van der Waals surface area contributed by atoms with Gasteiger partial charge < -0.3 is 9.80 Å². The zero-order valence-corrected chi connectivity index (χ0v) is 16.1. The summed E-state index contributed by atoms with van der Waals surface area (Å²) >= 11 is 0. The summed E-state index contributed by atoms with van der Waals surface area (Å²) in [6.07, 6.45) is 4.42. The molecule has 0 aromatic heterocycles. The van der Waals surface area contributed by atoms with Gasteiger partial charge in [-0.3, -0.25) is 9.05 Å². The molecule has 0 spiro atoms. The molecule has 2 aliphatic rings. The second-order valence-corrected chi connectivity index (χ2v) is 9.15. The largest absolute Gasteiger partial charge is 0.457 e. The maximum Gasteiger partial charge on any atom is 0.457 e. The highest BCUT2D eigenvalue weighted by Gasteiger charge is 2.35. The Balaban J connectivity index is 2.31. The van der Waals surface area contributed by atoms with Crippen molar-refractivity contribution in [1.29, 1.82) is 0 Å². The van der Waals surface area contributed by atoms with Crippen LogP contribution >= 0.6 is 7.75 Å². The smallest absolute Gasteiger partial charge is 0.342 e. The van der Waals surface area contributed by atoms with E-state index in [1.807, 2.05) is 34.6 Å². The molecule has 1 atom stereocenters. The Morgan fingerprint density at radius 3 is 1.78 bits per heavy atom. The van der Waals surface area contributed by atoms with Crippen LogP contribution in [-0.2, 0) is 13.6 Å². The topological polar surface area (TPSA) is 54.4 Å². The van der Waals surface area contributed by atoms with Crippen LogP contribution in [0.3, 0.4) is 0 Å². The Labute approximate surface area is 140 Å². The van der Waals surface area contributed by atoms with Crippen LogP contribution in [0, 0.1) is 0 Å². The molecular weight excluding hydrogens is 313 g/mol. The monoisotopic (exact) mass is 345 g/mol. The van der Waals surface area contributed by atoms with Crippen LogP contribution < -0.4 is 0 Å². The van der Waals surface area contributed by atoms with Gasteiger partial charge in [0.1, 0.15) is 0 Å². The molecule has 0 N–H and O–H groups in total. The lowest BCUT2D eigenvalue weighted by Crippen LogP contribution is -2.41. The lowest BCUT2D eigenvalue weighted by molar-refractivity contribution is 0.0823. The number of hydrogen-bond acceptors (Lipinski definition) is 3. The van der Waals surface area contributed by atoms with Gasteiger partial charge in [0.2, 0.25) is 5.96 Å². The Morgan fingerprint density at radius 2 is 1.43 bits per heavy atom. The third-order valence-corrected chi connectivity index (χ3v) is 5.61. The van der Waals surface area contributed by atoms with E-state index in [1.54, 1.807) is 0 Å². The molecule has 2 fully saturated rings. The van der Waals surface area contributed by atoms with E-state index in [4.69, 9.17) is 9.05 Å². The first-order valence-electron chi connectivity index (χ1n) is 8.78. The average molecular weight is 345 g/mol. The molecule has 0 radical (unpaired) electrons. The molecule has 6 nitrogen and oxygen atoms in total. The first-order valence-corrected chi connectivity index (χ1v) is 10.3. The van der Waals surface area contributed by atoms with Crippen molar-refractivity contribution in [2.75, 3.05) is 26.2 Å². The molecule has 1 unspecified atom stereocenters. The maximum atomic E-state index is 13.3. The summed E-state index contributed by atoms with van der Waals surface area (Å²) in [7, 11) is -3.55. The van der Waals surface area contributed by atoms with Crippen LogP contribution in [0.1, 0.15) is 60.3 Å². The highest BCUT2D eigenvalue weighted by molar-refractivity contribution is 7.52. The summed E-state index contributed by atoms with van der Waals surface area (Å²) < 4.78 is 29.3. The number of nitrogens with zero attached hydrogens (tertiary/aromatic N) is 3. The van der Waals surface area contributed by atoms with Gasteiger partial charge in [0.25, 0.3) is 0 Å². The minimum absolute atomic E-state index is 0.203. The van der Waals surface area contributed by atoms with E-state index >= 15 is 0 Å². The summed E-state index contributed by atoms with van der Waals surface area (Å²) in [6, 6.07) is 0. The fraction of sp³-hybridized carbons (Fsp3) is 0.938. The van der Waals surface area contributed by atoms with Crippen LogP contribution in [0.4, 0.5) is 0 Å². The quantitative estimate of drug-likeness (QED) is 0.440. The van der Waals surface area contributed by atoms with Crippen LogP contribution in [0.5, 0.6) is 0 Å². The summed E-state index contributed by atoms with van der Waals surface area (Å²) in [5.74, 6) is 0.799. The van der Waals surface area contributed by atoms with E-state index in [0.29, 0.717) is 0 Å². The number of rotatable bonds is 4. The Bertz CT molecular complexity index is 444. The Morgan fingerprint density at radius 1 is 1.00 bits per heavy atom. The van der Waals surface area contributed by atoms with E-state index in [-0.39, 0.29) is 6.10 Å². The van der Waals surface area contributed by atoms with Crippen LogP contribution in [-0.4, -0.2) is 53.6 Å². The fourth-order valence-corrected chi connectivity index (χ4v) is 4.78. The molecule has 0 aromatic carbocycles. The maximum absolute atomic E-state index is 13.3. The highest BCUT2D eigenvalue weighted by atomic mass is 31.2. The Kier molecular flexibility index (Phi) is 6.15. The van der Waals surface area contributed by atoms with Gasteiger partial charge in [-0.1, -0.05) is 0 Å². The summed E-state index contributed by atoms with van der Waals surface area (Å²) in [5.41, 5.74) is -0.574. The van der Waals surface area contributed by atoms with Gasteiger partial charge in [-0.2, -0.15) is 0 Å². The molecule has 0 amide bonds. The first kappa shape index (κ1) is 18.8. The van der Waals surface area contributed by atoms with Crippen molar-refractivity contribution >= 4 is 13.7 Å². The van der Waals surface area contributed by atoms with Gasteiger partial charge in [0, 0.05) is 26.2 Å². The van der Waals surface area contributed by atoms with Crippen LogP contribution in [0.15, 0.2) is 4.76 Å². The molecule has 0 aliphatic carbocycles. The van der Waals surface area contributed by atoms with E-state index in [2.05, 4.69) is 14.6 Å². The summed E-state index contributed by atoms with van der Waals surface area (Å²) in [5, 5.41) is 0. The van der Waals surface area contributed by atoms with E-state index < -0.39 is 13.3 Å². The van der Waals surface area contributed by atoms with Crippen molar-refractivity contribution in [2.45, 2.75) is 72.0 Å². The molecule has 23 heavy (non-hydrogen) atoms. The predicted octanol–water partition coefficient (Wildman–Crippen LogP) is 3.88. The molecule has 2 rings (SSSR count). The van der Waals surface area contributed by atoms with Gasteiger partial charge in [-0.15, -0.1) is 4.76 Å². The summed E-state index contributed by atoms with van der Waals surface area (Å²) in [4.78, 5) is 4.46. The van der Waals surface area contributed by atoms with Gasteiger partial charge in [0.15, 0.2) is 0 Å². The molecule has 0 aromatic rings. The number of likely N-dealkylation sites (tertiary alicyclic amines) is 2. The predicted molar refractivity (Wildman–Crippen MR) is 93.7 cm³/mol. The fourth-order valence-electron chi connectivity index (χ4n) is 2.95. The molecule has 0 saturated carbocycles. The van der Waals surface area contributed by atoms with Crippen molar-refractivity contribution in [3.63, 3.8) is 0 Å². The van der Waals surface area contributed by atoms with Crippen LogP contribution in [0.2, 0.25) is 0 Å². The zero-order valence-electron chi connectivity index (χ0n) is 15.2.